The Balaban J connectivity index is 1.38. The molecule has 2 aliphatic rings. The summed E-state index contributed by atoms with van der Waals surface area (Å²) in [7, 11) is 2.14. The number of aromatic nitrogens is 3. The third kappa shape index (κ3) is 5.54. The van der Waals surface area contributed by atoms with E-state index in [-0.39, 0.29) is 17.9 Å². The summed E-state index contributed by atoms with van der Waals surface area (Å²) in [6.07, 6.45) is 8.15. The predicted molar refractivity (Wildman–Crippen MR) is 148 cm³/mol. The standard InChI is InChI=1S/C28H32N8O2/c1-4-13-29-26(37)22-18-30-27(31-20-6-8-21(9-7-20)36-16-14-35(3)15-17-36)34-25(22)33-23-10-5-19-11-12-28(2,38)24(19)32-23/h1,5-10,18,38H,11-17H2,2-3H3,(H,29,37)(H2,30,31,32,33,34)/t28-/m0/s1. The fourth-order valence-corrected chi connectivity index (χ4v) is 4.72. The SMILES string of the molecule is C#CCNC(=O)c1cnc(Nc2ccc(N3CCN(C)CC3)cc2)nc1Nc1ccc2c(n1)[C@@](C)(O)CC2. The Kier molecular flexibility index (Phi) is 7.13. The molecule has 1 aromatic carbocycles. The minimum Gasteiger partial charge on any atom is -0.384 e. The summed E-state index contributed by atoms with van der Waals surface area (Å²) in [6, 6.07) is 11.9. The monoisotopic (exact) mass is 512 g/mol. The Hall–Kier alpha value is -4.20. The van der Waals surface area contributed by atoms with Gasteiger partial charge in [0.15, 0.2) is 0 Å². The smallest absolute Gasteiger partial charge is 0.257 e. The summed E-state index contributed by atoms with van der Waals surface area (Å²) in [4.78, 5) is 31.0. The first-order valence-corrected chi connectivity index (χ1v) is 12.7. The van der Waals surface area contributed by atoms with E-state index in [0.717, 1.165) is 43.9 Å². The molecule has 5 rings (SSSR count). The number of terminal acetylenes is 1. The number of nitrogens with one attached hydrogen (secondary N) is 3. The molecule has 1 aliphatic carbocycles. The molecule has 1 amide bonds. The van der Waals surface area contributed by atoms with Crippen molar-refractivity contribution >= 4 is 34.9 Å². The first-order chi connectivity index (χ1) is 18.3. The van der Waals surface area contributed by atoms with Gasteiger partial charge in [-0.05, 0) is 62.7 Å². The van der Waals surface area contributed by atoms with E-state index >= 15 is 0 Å². The van der Waals surface area contributed by atoms with Gasteiger partial charge in [0.25, 0.3) is 5.91 Å². The van der Waals surface area contributed by atoms with Crippen LogP contribution in [0.25, 0.3) is 0 Å². The first-order valence-electron chi connectivity index (χ1n) is 12.7. The van der Waals surface area contributed by atoms with E-state index in [1.807, 2.05) is 24.3 Å². The number of benzene rings is 1. The summed E-state index contributed by atoms with van der Waals surface area (Å²) in [5.74, 6) is 3.06. The van der Waals surface area contributed by atoms with Crippen LogP contribution in [-0.2, 0) is 12.0 Å². The lowest BCUT2D eigenvalue weighted by atomic mass is 10.0. The van der Waals surface area contributed by atoms with Crippen molar-refractivity contribution in [3.8, 4) is 12.3 Å². The molecule has 0 saturated carbocycles. The quantitative estimate of drug-likeness (QED) is 0.354. The Morgan fingerprint density at radius 3 is 2.61 bits per heavy atom. The number of nitrogens with zero attached hydrogens (tertiary/aromatic N) is 5. The number of hydrogen-bond acceptors (Lipinski definition) is 9. The molecule has 3 aromatic rings. The number of rotatable bonds is 7. The molecule has 2 aromatic heterocycles. The largest absolute Gasteiger partial charge is 0.384 e. The van der Waals surface area contributed by atoms with E-state index in [2.05, 4.69) is 65.8 Å². The van der Waals surface area contributed by atoms with E-state index in [0.29, 0.717) is 23.9 Å². The van der Waals surface area contributed by atoms with Crippen LogP contribution in [0.15, 0.2) is 42.6 Å². The highest BCUT2D eigenvalue weighted by Crippen LogP contribution is 2.36. The number of aryl methyl sites for hydroxylation is 1. The molecule has 196 valence electrons. The number of hydrogen-bond donors (Lipinski definition) is 4. The van der Waals surface area contributed by atoms with Gasteiger partial charge in [-0.1, -0.05) is 12.0 Å². The summed E-state index contributed by atoms with van der Waals surface area (Å²) < 4.78 is 0. The highest BCUT2D eigenvalue weighted by atomic mass is 16.3. The van der Waals surface area contributed by atoms with Crippen LogP contribution in [0.3, 0.4) is 0 Å². The second-order valence-corrected chi connectivity index (χ2v) is 9.91. The average molecular weight is 513 g/mol. The van der Waals surface area contributed by atoms with Crippen molar-refractivity contribution < 1.29 is 9.90 Å². The molecule has 0 radical (unpaired) electrons. The van der Waals surface area contributed by atoms with Crippen molar-refractivity contribution in [2.24, 2.45) is 0 Å². The van der Waals surface area contributed by atoms with Gasteiger partial charge in [-0.25, -0.2) is 9.97 Å². The van der Waals surface area contributed by atoms with E-state index in [4.69, 9.17) is 6.42 Å². The molecule has 1 saturated heterocycles. The minimum absolute atomic E-state index is 0.0812. The fraction of sp³-hybridized carbons (Fsp3) is 0.357. The van der Waals surface area contributed by atoms with Crippen LogP contribution in [0.4, 0.5) is 29.0 Å². The normalized spacial score (nSPS) is 18.9. The zero-order chi connectivity index (χ0) is 26.7. The van der Waals surface area contributed by atoms with Gasteiger partial charge in [-0.15, -0.1) is 6.42 Å². The lowest BCUT2D eigenvalue weighted by Gasteiger charge is -2.34. The maximum absolute atomic E-state index is 12.8. The topological polar surface area (TPSA) is 119 Å². The number of carbonyl (C=O) groups is 1. The number of fused-ring (bicyclic) bond motifs is 1. The third-order valence-corrected chi connectivity index (χ3v) is 6.99. The fourth-order valence-electron chi connectivity index (χ4n) is 4.72. The van der Waals surface area contributed by atoms with Crippen molar-refractivity contribution in [3.05, 3.63) is 59.4 Å². The lowest BCUT2D eigenvalue weighted by molar-refractivity contribution is 0.0555. The average Bonchev–Trinajstić information content (AvgIpc) is 3.22. The van der Waals surface area contributed by atoms with Gasteiger partial charge in [0.1, 0.15) is 22.8 Å². The van der Waals surface area contributed by atoms with Gasteiger partial charge in [0, 0.05) is 43.8 Å². The van der Waals surface area contributed by atoms with Crippen LogP contribution in [0.1, 0.15) is 35.0 Å². The lowest BCUT2D eigenvalue weighted by Crippen LogP contribution is -2.44. The van der Waals surface area contributed by atoms with Crippen molar-refractivity contribution in [1.29, 1.82) is 0 Å². The summed E-state index contributed by atoms with van der Waals surface area (Å²) >= 11 is 0. The first kappa shape index (κ1) is 25.4. The van der Waals surface area contributed by atoms with Gasteiger partial charge < -0.3 is 30.9 Å². The number of likely N-dealkylation sites (N-methyl/N-ethyl adjacent to an activating group) is 1. The molecule has 1 aliphatic heterocycles. The summed E-state index contributed by atoms with van der Waals surface area (Å²) in [5.41, 5.74) is 2.88. The number of aliphatic hydroxyl groups is 1. The van der Waals surface area contributed by atoms with Crippen LogP contribution in [-0.4, -0.2) is 70.6 Å². The van der Waals surface area contributed by atoms with Gasteiger partial charge in [-0.3, -0.25) is 4.79 Å². The molecule has 1 fully saturated rings. The number of carbonyl (C=O) groups excluding carboxylic acids is 1. The maximum Gasteiger partial charge on any atom is 0.257 e. The van der Waals surface area contributed by atoms with Gasteiger partial charge >= 0.3 is 0 Å². The van der Waals surface area contributed by atoms with E-state index in [9.17, 15) is 9.90 Å². The Bertz CT molecular complexity index is 1360. The number of anilines is 5. The van der Waals surface area contributed by atoms with Crippen molar-refractivity contribution in [2.75, 3.05) is 55.3 Å². The van der Waals surface area contributed by atoms with Gasteiger partial charge in [-0.2, -0.15) is 4.98 Å². The van der Waals surface area contributed by atoms with Gasteiger partial charge in [0.05, 0.1) is 12.2 Å². The molecular formula is C28H32N8O2. The summed E-state index contributed by atoms with van der Waals surface area (Å²) in [5, 5.41) is 19.7. The molecule has 0 unspecified atom stereocenters. The van der Waals surface area contributed by atoms with Crippen LogP contribution in [0.5, 0.6) is 0 Å². The number of pyridine rings is 1. The second kappa shape index (κ2) is 10.7. The Morgan fingerprint density at radius 1 is 1.11 bits per heavy atom. The number of piperazine rings is 1. The predicted octanol–water partition coefficient (Wildman–Crippen LogP) is 2.63. The summed E-state index contributed by atoms with van der Waals surface area (Å²) in [6.45, 7) is 5.92. The van der Waals surface area contributed by atoms with Crippen LogP contribution in [0.2, 0.25) is 0 Å². The molecule has 10 heteroatoms. The van der Waals surface area contributed by atoms with E-state index in [1.165, 1.54) is 11.9 Å². The molecule has 1 atom stereocenters. The molecule has 38 heavy (non-hydrogen) atoms. The molecule has 0 spiro atoms. The molecule has 10 nitrogen and oxygen atoms in total. The second-order valence-electron chi connectivity index (χ2n) is 9.91. The minimum atomic E-state index is -0.991. The van der Waals surface area contributed by atoms with E-state index in [1.54, 1.807) is 6.92 Å². The van der Waals surface area contributed by atoms with Crippen molar-refractivity contribution in [2.45, 2.75) is 25.4 Å². The van der Waals surface area contributed by atoms with Crippen molar-refractivity contribution in [3.63, 3.8) is 0 Å². The van der Waals surface area contributed by atoms with E-state index < -0.39 is 11.5 Å². The molecular weight excluding hydrogens is 480 g/mol. The third-order valence-electron chi connectivity index (χ3n) is 6.99. The van der Waals surface area contributed by atoms with Crippen LogP contribution < -0.4 is 20.9 Å². The number of amides is 1. The highest BCUT2D eigenvalue weighted by Gasteiger charge is 2.33. The van der Waals surface area contributed by atoms with Gasteiger partial charge in [0.2, 0.25) is 5.95 Å². The Labute approximate surface area is 222 Å². The molecule has 4 N–H and O–H groups in total. The molecule has 0 bridgehead atoms. The van der Waals surface area contributed by atoms with Crippen LogP contribution in [0, 0.1) is 12.3 Å². The zero-order valence-corrected chi connectivity index (χ0v) is 21.7. The molecule has 3 heterocycles. The maximum atomic E-state index is 12.8. The highest BCUT2D eigenvalue weighted by molar-refractivity contribution is 5.99. The zero-order valence-electron chi connectivity index (χ0n) is 21.7. The van der Waals surface area contributed by atoms with Crippen molar-refractivity contribution in [1.82, 2.24) is 25.2 Å². The van der Waals surface area contributed by atoms with Crippen LogP contribution >= 0.6 is 0 Å². The Morgan fingerprint density at radius 2 is 1.87 bits per heavy atom.